The van der Waals surface area contributed by atoms with E-state index in [1.165, 1.54) is 86.3 Å². The number of para-hydroxylation sites is 6. The Hall–Kier alpha value is -16.6. The number of aromatic nitrogens is 5. The smallest absolute Gasteiger partial charge is 0.234 e. The monoisotopic (exact) mass is 1850 g/mol. The lowest BCUT2D eigenvalue weighted by atomic mass is 9.92. The van der Waals surface area contributed by atoms with Crippen LogP contribution >= 0.6 is 0 Å². The molecule has 24 aromatic rings. The minimum absolute atomic E-state index is 0.270. The van der Waals surface area contributed by atoms with Crippen LogP contribution in [0.15, 0.2) is 456 Å². The summed E-state index contributed by atoms with van der Waals surface area (Å²) in [6, 6.07) is 149. The second-order valence-corrected chi connectivity index (χ2v) is 53.8. The lowest BCUT2D eigenvalue weighted by Crippen LogP contribution is -2.37. The van der Waals surface area contributed by atoms with E-state index < -0.39 is 24.2 Å². The molecule has 0 aliphatic carbocycles. The Morgan fingerprint density at radius 1 is 0.194 bits per heavy atom. The fourth-order valence-electron chi connectivity index (χ4n) is 20.0. The number of anilines is 18. The third kappa shape index (κ3) is 16.7. The predicted molar refractivity (Wildman–Crippen MR) is 596 cm³/mol. The van der Waals surface area contributed by atoms with E-state index in [4.69, 9.17) is 4.98 Å². The highest BCUT2D eigenvalue weighted by molar-refractivity contribution is 6.89. The third-order valence-electron chi connectivity index (χ3n) is 26.8. The lowest BCUT2D eigenvalue weighted by molar-refractivity contribution is 0.623. The average molecular weight is 1850 g/mol. The molecule has 0 amide bonds. The van der Waals surface area contributed by atoms with Crippen molar-refractivity contribution < 1.29 is 4.39 Å². The third-order valence-corrected chi connectivity index (χ3v) is 33.0. The van der Waals surface area contributed by atoms with Gasteiger partial charge in [0.1, 0.15) is 0 Å². The van der Waals surface area contributed by atoms with Gasteiger partial charge in [-0.15, -0.1) is 0 Å². The number of rotatable bonds is 21. The van der Waals surface area contributed by atoms with Crippen molar-refractivity contribution in [1.29, 1.82) is 0 Å². The summed E-state index contributed by atoms with van der Waals surface area (Å²) in [5, 5.41) is 25.8. The van der Waals surface area contributed by atoms with Crippen LogP contribution in [0.5, 0.6) is 0 Å². The van der Waals surface area contributed by atoms with Crippen molar-refractivity contribution in [1.82, 2.24) is 24.9 Å². The molecular weight excluding hydrogens is 1750 g/mol. The zero-order valence-corrected chi connectivity index (χ0v) is 82.1. The molecule has 21 aromatic carbocycles. The van der Waals surface area contributed by atoms with Crippen LogP contribution in [0.3, 0.4) is 0 Å². The summed E-state index contributed by atoms with van der Waals surface area (Å²) in [6.07, 6.45) is 10.5. The Morgan fingerprint density at radius 2 is 0.439 bits per heavy atom. The zero-order valence-electron chi connectivity index (χ0n) is 79.1. The van der Waals surface area contributed by atoms with Gasteiger partial charge in [-0.3, -0.25) is 19.7 Å². The second kappa shape index (κ2) is 36.6. The van der Waals surface area contributed by atoms with E-state index in [2.05, 4.69) is 461 Å². The highest BCUT2D eigenvalue weighted by atomic mass is 28.3. The Balaban J connectivity index is 0.000000120. The van der Waals surface area contributed by atoms with Gasteiger partial charge in [-0.1, -0.05) is 329 Å². The van der Waals surface area contributed by atoms with E-state index in [0.29, 0.717) is 5.95 Å². The van der Waals surface area contributed by atoms with Gasteiger partial charge in [0.15, 0.2) is 17.5 Å². The molecule has 672 valence electrons. The van der Waals surface area contributed by atoms with Gasteiger partial charge in [0.2, 0.25) is 5.95 Å². The van der Waals surface area contributed by atoms with Gasteiger partial charge in [0.25, 0.3) is 0 Å². The van der Waals surface area contributed by atoms with Crippen molar-refractivity contribution >= 4 is 240 Å². The van der Waals surface area contributed by atoms with E-state index in [-0.39, 0.29) is 11.6 Å². The van der Waals surface area contributed by atoms with Gasteiger partial charge in [0, 0.05) is 114 Å². The number of nitrogens with zero attached hydrogens (tertiary/aromatic N) is 11. The molecule has 11 nitrogen and oxygen atoms in total. The molecule has 0 N–H and O–H groups in total. The molecule has 139 heavy (non-hydrogen) atoms. The summed E-state index contributed by atoms with van der Waals surface area (Å²) in [5.41, 5.74) is 16.1. The second-order valence-electron chi connectivity index (χ2n) is 38.6. The first-order valence-electron chi connectivity index (χ1n) is 47.5. The Labute approximate surface area is 813 Å². The lowest BCUT2D eigenvalue weighted by Gasteiger charge is -2.29. The largest absolute Gasteiger partial charge is 0.310 e. The number of benzene rings is 21. The van der Waals surface area contributed by atoms with Crippen molar-refractivity contribution in [2.75, 3.05) is 29.4 Å². The summed E-state index contributed by atoms with van der Waals surface area (Å²) in [6.45, 7) is 21.5. The molecule has 0 aliphatic rings. The molecule has 0 spiro atoms. The van der Waals surface area contributed by atoms with Crippen molar-refractivity contribution in [3.63, 3.8) is 0 Å². The first-order valence-corrected chi connectivity index (χ1v) is 58.0. The van der Waals surface area contributed by atoms with Crippen LogP contribution in [0, 0.1) is 5.82 Å². The molecule has 0 saturated carbocycles. The quantitative estimate of drug-likeness (QED) is 0.0509. The van der Waals surface area contributed by atoms with Crippen molar-refractivity contribution in [2.24, 2.45) is 0 Å². The average Bonchev–Trinajstić information content (AvgIpc) is 0.727. The Kier molecular flexibility index (Phi) is 23.1. The van der Waals surface area contributed by atoms with Gasteiger partial charge in [-0.25, -0.2) is 24.3 Å². The molecule has 0 radical (unpaired) electrons. The van der Waals surface area contributed by atoms with E-state index >= 15 is 4.39 Å². The van der Waals surface area contributed by atoms with E-state index in [1.807, 2.05) is 59.6 Å². The molecule has 15 heteroatoms. The molecule has 0 aliphatic heterocycles. The van der Waals surface area contributed by atoms with Gasteiger partial charge >= 0.3 is 0 Å². The van der Waals surface area contributed by atoms with Crippen LogP contribution in [0.25, 0.3) is 97.0 Å². The van der Waals surface area contributed by atoms with Gasteiger partial charge in [0.05, 0.1) is 64.5 Å². The fourth-order valence-corrected chi connectivity index (χ4v) is 23.5. The molecule has 0 fully saturated rings. The van der Waals surface area contributed by atoms with Crippen LogP contribution in [-0.2, 0) is 0 Å². The van der Waals surface area contributed by atoms with Gasteiger partial charge in [-0.2, -0.15) is 0 Å². The van der Waals surface area contributed by atoms with Crippen LogP contribution in [0.4, 0.5) is 107 Å². The highest BCUT2D eigenvalue weighted by Crippen LogP contribution is 2.53. The fraction of sp³-hybridized carbons (Fsp3) is 0.0726. The maximum Gasteiger partial charge on any atom is 0.234 e. The number of hydrogen-bond donors (Lipinski definition) is 0. The molecule has 0 bridgehead atoms. The first kappa shape index (κ1) is 87.8. The van der Waals surface area contributed by atoms with Crippen LogP contribution in [0.2, 0.25) is 58.9 Å². The van der Waals surface area contributed by atoms with Crippen molar-refractivity contribution in [3.8, 4) is 0 Å². The minimum Gasteiger partial charge on any atom is -0.310 e. The summed E-state index contributed by atoms with van der Waals surface area (Å²) in [4.78, 5) is 36.5. The molecule has 3 aromatic heterocycles. The normalized spacial score (nSPS) is 11.8. The summed E-state index contributed by atoms with van der Waals surface area (Å²) in [7, 11) is -4.32. The molecular formula is C124H102FN11Si3. The molecule has 24 rings (SSSR count). The SMILES string of the molecule is C[Si](C)(C)c1ccc(N(c2ccccc2)c2ccc3ccc4c(N(c5ccccc5)c5cnccn5)ccc5ccc2c3c54)cc1.C[Si](C)(C)c1ccc(N(c2ccccc2)c2ccc3ccc4c(N(c5ccccc5)c5ncccc5F)ccc5ccc2c3c54)cc1.C[Si](C)(C)c1ccc(N(c2ccccc2)c2ccc3ccc4c(N(c5ccccc5)c5ncccn5)ccc5ccc2c3c54)cc1. The number of hydrogen-bond acceptors (Lipinski definition) is 11. The Morgan fingerprint density at radius 3 is 0.719 bits per heavy atom. The topological polar surface area (TPSA) is 83.9 Å². The summed E-state index contributed by atoms with van der Waals surface area (Å²) >= 11 is 0. The highest BCUT2D eigenvalue weighted by Gasteiger charge is 2.30. The maximum atomic E-state index is 15.5. The number of halogens is 1. The van der Waals surface area contributed by atoms with Crippen molar-refractivity contribution in [3.05, 3.63) is 462 Å². The standard InChI is InChI=1S/C42H34FN3Si.2C41H34N4Si/c1-47(2,3)34-22-20-33(21-23-34)45(31-11-6-4-7-12-31)38-26-18-29-17-25-36-39(27-19-30-16-24-35(38)40(29)41(30)36)46(32-13-8-5-9-14-32)42-37(43)15-10-28-44-42;1-46(2,3)34-21-19-33(20-22-34)44(31-11-6-4-7-12-31)37-25-17-29-16-24-36-38(26-18-30-15-23-35(37)39(29)40(30)36)45(32-13-8-5-9-14-32)41-42-27-10-28-43-41;1-46(2,3)34-20-18-33(19-21-34)44(31-10-6-4-7-11-31)37-24-16-29-15-23-36-38(25-17-30-14-22-35(37)40(29)41(30)36)45(32-12-8-5-9-13-32)39-28-42-26-27-43-39/h4-28H,1-3H3;2*4-28H,1-3H3. The molecule has 3 heterocycles. The molecule has 0 saturated heterocycles. The van der Waals surface area contributed by atoms with Crippen molar-refractivity contribution in [2.45, 2.75) is 58.9 Å². The van der Waals surface area contributed by atoms with Crippen LogP contribution in [0.1, 0.15) is 0 Å². The molecule has 0 unspecified atom stereocenters. The van der Waals surface area contributed by atoms with E-state index in [0.717, 1.165) is 123 Å². The Bertz CT molecular complexity index is 8090. The summed E-state index contributed by atoms with van der Waals surface area (Å²) < 4.78 is 15.5. The van der Waals surface area contributed by atoms with Crippen LogP contribution < -0.4 is 45.0 Å². The van der Waals surface area contributed by atoms with E-state index in [1.54, 1.807) is 37.1 Å². The zero-order chi connectivity index (χ0) is 94.6. The first-order chi connectivity index (χ1) is 67.8. The minimum atomic E-state index is -1.46. The maximum absolute atomic E-state index is 15.5. The van der Waals surface area contributed by atoms with Gasteiger partial charge in [-0.05, 0) is 228 Å². The predicted octanol–water partition coefficient (Wildman–Crippen LogP) is 33.3. The summed E-state index contributed by atoms with van der Waals surface area (Å²) in [5.74, 6) is 1.32. The molecule has 0 atom stereocenters. The number of pyridine rings is 1. The van der Waals surface area contributed by atoms with E-state index in [9.17, 15) is 0 Å². The van der Waals surface area contributed by atoms with Gasteiger partial charge < -0.3 is 14.7 Å². The van der Waals surface area contributed by atoms with Crippen LogP contribution in [-0.4, -0.2) is 49.1 Å².